The maximum Gasteiger partial charge on any atom is 0.260 e. The van der Waals surface area contributed by atoms with Crippen molar-refractivity contribution >= 4 is 33.5 Å². The highest BCUT2D eigenvalue weighted by Gasteiger charge is 2.15. The van der Waals surface area contributed by atoms with E-state index in [1.165, 1.54) is 0 Å². The number of hydrogen-bond acceptors (Lipinski definition) is 4. The molecule has 20 heavy (non-hydrogen) atoms. The van der Waals surface area contributed by atoms with Crippen LogP contribution in [0.25, 0.3) is 0 Å². The summed E-state index contributed by atoms with van der Waals surface area (Å²) in [5.41, 5.74) is 0.471. The molecule has 7 heteroatoms. The quantitative estimate of drug-likeness (QED) is 0.899. The zero-order valence-electron chi connectivity index (χ0n) is 11.5. The van der Waals surface area contributed by atoms with Crippen molar-refractivity contribution in [2.75, 3.05) is 17.7 Å². The Morgan fingerprint density at radius 3 is 2.85 bits per heavy atom. The molecule has 2 N–H and O–H groups in total. The molecule has 106 valence electrons. The Morgan fingerprint density at radius 2 is 2.20 bits per heavy atom. The van der Waals surface area contributed by atoms with Crippen LogP contribution in [-0.4, -0.2) is 27.7 Å². The number of aromatic nitrogens is 3. The van der Waals surface area contributed by atoms with Crippen molar-refractivity contribution < 1.29 is 4.79 Å². The van der Waals surface area contributed by atoms with Gasteiger partial charge in [-0.15, -0.1) is 0 Å². The van der Waals surface area contributed by atoms with Gasteiger partial charge in [0.05, 0.1) is 11.8 Å². The Morgan fingerprint density at radius 1 is 1.45 bits per heavy atom. The molecule has 0 saturated heterocycles. The van der Waals surface area contributed by atoms with Gasteiger partial charge >= 0.3 is 0 Å². The van der Waals surface area contributed by atoms with Gasteiger partial charge in [0, 0.05) is 29.8 Å². The third-order valence-corrected chi connectivity index (χ3v) is 3.17. The summed E-state index contributed by atoms with van der Waals surface area (Å²) in [5, 5.41) is 9.94. The summed E-state index contributed by atoms with van der Waals surface area (Å²) in [5.74, 6) is 0.957. The third-order valence-electron chi connectivity index (χ3n) is 2.74. The first-order chi connectivity index (χ1) is 9.52. The van der Waals surface area contributed by atoms with E-state index in [-0.39, 0.29) is 11.9 Å². The minimum Gasteiger partial charge on any atom is -0.372 e. The van der Waals surface area contributed by atoms with Gasteiger partial charge in [0.25, 0.3) is 5.91 Å². The van der Waals surface area contributed by atoms with Crippen molar-refractivity contribution in [1.82, 2.24) is 14.8 Å². The molecule has 0 aromatic carbocycles. The van der Waals surface area contributed by atoms with Crippen molar-refractivity contribution in [1.29, 1.82) is 0 Å². The van der Waals surface area contributed by atoms with Gasteiger partial charge in [-0.05, 0) is 35.8 Å². The molecule has 2 heterocycles. The van der Waals surface area contributed by atoms with Gasteiger partial charge in [-0.3, -0.25) is 4.79 Å². The molecule has 0 aliphatic heterocycles. The zero-order valence-corrected chi connectivity index (χ0v) is 13.1. The molecule has 1 amide bonds. The van der Waals surface area contributed by atoms with E-state index in [2.05, 4.69) is 36.6 Å². The molecule has 0 unspecified atom stereocenters. The fourth-order valence-electron chi connectivity index (χ4n) is 1.82. The highest BCUT2D eigenvalue weighted by Crippen LogP contribution is 2.20. The minimum absolute atomic E-state index is 0.171. The van der Waals surface area contributed by atoms with E-state index < -0.39 is 0 Å². The number of rotatable bonds is 4. The molecule has 0 bridgehead atoms. The Bertz CT molecular complexity index is 623. The number of anilines is 2. The minimum atomic E-state index is -0.231. The van der Waals surface area contributed by atoms with Gasteiger partial charge in [-0.1, -0.05) is 0 Å². The SMILES string of the molecule is CNc1ncc(Br)cc1C(=O)Nc1ccnn1C(C)C. The number of carbonyl (C=O) groups excluding carboxylic acids is 1. The van der Waals surface area contributed by atoms with Crippen LogP contribution in [0.2, 0.25) is 0 Å². The smallest absolute Gasteiger partial charge is 0.260 e. The summed E-state index contributed by atoms with van der Waals surface area (Å²) in [6.45, 7) is 4.00. The van der Waals surface area contributed by atoms with Crippen molar-refractivity contribution in [3.63, 3.8) is 0 Å². The highest BCUT2D eigenvalue weighted by molar-refractivity contribution is 9.10. The lowest BCUT2D eigenvalue weighted by Crippen LogP contribution is -2.18. The Hall–Kier alpha value is -1.89. The number of carbonyl (C=O) groups is 1. The molecule has 2 rings (SSSR count). The topological polar surface area (TPSA) is 71.8 Å². The Labute approximate surface area is 125 Å². The molecular weight excluding hydrogens is 322 g/mol. The lowest BCUT2D eigenvalue weighted by atomic mass is 10.2. The molecule has 2 aromatic rings. The van der Waals surface area contributed by atoms with E-state index in [1.807, 2.05) is 13.8 Å². The normalized spacial score (nSPS) is 10.7. The second-order valence-corrected chi connectivity index (χ2v) is 5.42. The summed E-state index contributed by atoms with van der Waals surface area (Å²) in [4.78, 5) is 16.5. The fraction of sp³-hybridized carbons (Fsp3) is 0.308. The van der Waals surface area contributed by atoms with Gasteiger partial charge in [0.2, 0.25) is 0 Å². The van der Waals surface area contributed by atoms with Crippen LogP contribution in [0.3, 0.4) is 0 Å². The second kappa shape index (κ2) is 6.04. The van der Waals surface area contributed by atoms with E-state index in [0.29, 0.717) is 17.2 Å². The standard InChI is InChI=1S/C13H16BrN5O/c1-8(2)19-11(4-5-17-19)18-13(20)10-6-9(14)7-16-12(10)15-3/h4-8H,1-3H3,(H,15,16)(H,18,20). The van der Waals surface area contributed by atoms with Crippen molar-refractivity contribution in [3.8, 4) is 0 Å². The molecule has 0 fully saturated rings. The number of pyridine rings is 1. The predicted molar refractivity (Wildman–Crippen MR) is 82.0 cm³/mol. The van der Waals surface area contributed by atoms with Crippen molar-refractivity contribution in [2.45, 2.75) is 19.9 Å². The van der Waals surface area contributed by atoms with Crippen LogP contribution in [0.1, 0.15) is 30.2 Å². The summed E-state index contributed by atoms with van der Waals surface area (Å²) < 4.78 is 2.50. The number of nitrogens with zero attached hydrogens (tertiary/aromatic N) is 3. The third kappa shape index (κ3) is 2.98. The van der Waals surface area contributed by atoms with E-state index >= 15 is 0 Å². The summed E-state index contributed by atoms with van der Waals surface area (Å²) in [6, 6.07) is 3.66. The van der Waals surface area contributed by atoms with Gasteiger partial charge < -0.3 is 10.6 Å². The average molecular weight is 338 g/mol. The first-order valence-electron chi connectivity index (χ1n) is 6.21. The molecule has 0 aliphatic carbocycles. The van der Waals surface area contributed by atoms with Gasteiger partial charge in [0.15, 0.2) is 0 Å². The van der Waals surface area contributed by atoms with Crippen LogP contribution in [-0.2, 0) is 0 Å². The maximum atomic E-state index is 12.4. The lowest BCUT2D eigenvalue weighted by Gasteiger charge is -2.13. The molecule has 0 spiro atoms. The maximum absolute atomic E-state index is 12.4. The molecule has 0 atom stereocenters. The van der Waals surface area contributed by atoms with Gasteiger partial charge in [-0.2, -0.15) is 5.10 Å². The van der Waals surface area contributed by atoms with Crippen LogP contribution in [0.15, 0.2) is 29.0 Å². The summed E-state index contributed by atoms with van der Waals surface area (Å²) in [6.07, 6.45) is 3.30. The Balaban J connectivity index is 2.28. The first kappa shape index (κ1) is 14.5. The molecular formula is C13H16BrN5O. The number of nitrogens with one attached hydrogen (secondary N) is 2. The largest absolute Gasteiger partial charge is 0.372 e. The number of hydrogen-bond donors (Lipinski definition) is 2. The van der Waals surface area contributed by atoms with Crippen LogP contribution >= 0.6 is 15.9 Å². The number of halogens is 1. The Kier molecular flexibility index (Phi) is 4.39. The molecule has 0 saturated carbocycles. The first-order valence-corrected chi connectivity index (χ1v) is 7.00. The van der Waals surface area contributed by atoms with Crippen LogP contribution in [0.4, 0.5) is 11.6 Å². The average Bonchev–Trinajstić information content (AvgIpc) is 2.87. The molecule has 6 nitrogen and oxygen atoms in total. The van der Waals surface area contributed by atoms with Crippen molar-refractivity contribution in [3.05, 3.63) is 34.6 Å². The lowest BCUT2D eigenvalue weighted by molar-refractivity contribution is 0.102. The van der Waals surface area contributed by atoms with E-state index in [4.69, 9.17) is 0 Å². The molecule has 2 aromatic heterocycles. The van der Waals surface area contributed by atoms with E-state index in [9.17, 15) is 4.79 Å². The summed E-state index contributed by atoms with van der Waals surface area (Å²) >= 11 is 3.32. The van der Waals surface area contributed by atoms with Gasteiger partial charge in [-0.25, -0.2) is 9.67 Å². The number of amides is 1. The zero-order chi connectivity index (χ0) is 14.7. The van der Waals surface area contributed by atoms with E-state index in [1.54, 1.807) is 36.3 Å². The van der Waals surface area contributed by atoms with Gasteiger partial charge in [0.1, 0.15) is 11.6 Å². The van der Waals surface area contributed by atoms with Crippen LogP contribution in [0.5, 0.6) is 0 Å². The predicted octanol–water partition coefficient (Wildman–Crippen LogP) is 2.92. The molecule has 0 aliphatic rings. The second-order valence-electron chi connectivity index (χ2n) is 4.51. The summed E-state index contributed by atoms with van der Waals surface area (Å²) in [7, 11) is 1.73. The van der Waals surface area contributed by atoms with Crippen molar-refractivity contribution in [2.24, 2.45) is 0 Å². The van der Waals surface area contributed by atoms with E-state index in [0.717, 1.165) is 4.47 Å². The monoisotopic (exact) mass is 337 g/mol. The molecule has 0 radical (unpaired) electrons. The van der Waals surface area contributed by atoms with Crippen LogP contribution < -0.4 is 10.6 Å². The highest BCUT2D eigenvalue weighted by atomic mass is 79.9. The fourth-order valence-corrected chi connectivity index (χ4v) is 2.15. The van der Waals surface area contributed by atoms with Crippen LogP contribution in [0, 0.1) is 0 Å².